The molecule has 0 radical (unpaired) electrons. The number of rotatable bonds is 2. The first-order valence-electron chi connectivity index (χ1n) is 2.60. The Labute approximate surface area is 53.0 Å². The average Bonchev–Trinajstić information content (AvgIpc) is 2.34. The second-order valence-corrected chi connectivity index (χ2v) is 1.50. The first kappa shape index (κ1) is 5.75. The van der Waals surface area contributed by atoms with Crippen molar-refractivity contribution in [3.63, 3.8) is 0 Å². The quantitative estimate of drug-likeness (QED) is 0.565. The van der Waals surface area contributed by atoms with Crippen molar-refractivity contribution < 1.29 is 0 Å². The summed E-state index contributed by atoms with van der Waals surface area (Å²) < 4.78 is 0. The smallest absolute Gasteiger partial charge is 0.129 e. The molecular weight excluding hydrogens is 114 g/mol. The van der Waals surface area contributed by atoms with Gasteiger partial charge in [-0.2, -0.15) is 0 Å². The van der Waals surface area contributed by atoms with E-state index in [-0.39, 0.29) is 0 Å². The van der Waals surface area contributed by atoms with Crippen LogP contribution < -0.4 is 0 Å². The Kier molecular flexibility index (Phi) is 1.80. The normalized spacial score (nSPS) is 10.2. The van der Waals surface area contributed by atoms with E-state index in [0.29, 0.717) is 0 Å². The van der Waals surface area contributed by atoms with Gasteiger partial charge in [-0.05, 0) is 12.2 Å². The van der Waals surface area contributed by atoms with Gasteiger partial charge in [0.05, 0.1) is 0 Å². The lowest BCUT2D eigenvalue weighted by atomic mass is 10.5. The number of aromatic amines is 1. The van der Waals surface area contributed by atoms with Gasteiger partial charge in [0.25, 0.3) is 0 Å². The van der Waals surface area contributed by atoms with E-state index in [9.17, 15) is 0 Å². The van der Waals surface area contributed by atoms with Crippen LogP contribution in [0.4, 0.5) is 0 Å². The maximum atomic E-state index is 6.65. The molecule has 1 rings (SSSR count). The van der Waals surface area contributed by atoms with Crippen molar-refractivity contribution in [3.8, 4) is 0 Å². The molecule has 3 nitrogen and oxygen atoms in total. The summed E-state index contributed by atoms with van der Waals surface area (Å²) in [6.45, 7) is 0. The summed E-state index contributed by atoms with van der Waals surface area (Å²) >= 11 is 0. The molecule has 0 aliphatic rings. The molecule has 46 valence electrons. The van der Waals surface area contributed by atoms with Gasteiger partial charge in [-0.25, -0.2) is 4.98 Å². The minimum absolute atomic E-state index is 0.776. The molecule has 0 saturated heterocycles. The number of hydrogen-bond acceptors (Lipinski definition) is 2. The van der Waals surface area contributed by atoms with Gasteiger partial charge in [-0.3, -0.25) is 0 Å². The molecule has 0 aliphatic heterocycles. The van der Waals surface area contributed by atoms with Crippen molar-refractivity contribution in [2.75, 3.05) is 0 Å². The molecule has 0 fully saturated rings. The largest absolute Gasteiger partial charge is 0.345 e. The highest BCUT2D eigenvalue weighted by molar-refractivity contribution is 5.74. The van der Waals surface area contributed by atoms with E-state index in [1.807, 2.05) is 0 Å². The van der Waals surface area contributed by atoms with Crippen molar-refractivity contribution in [1.29, 1.82) is 5.41 Å². The lowest BCUT2D eigenvalue weighted by Crippen LogP contribution is -1.71. The summed E-state index contributed by atoms with van der Waals surface area (Å²) in [5.41, 5.74) is 0. The van der Waals surface area contributed by atoms with Crippen LogP contribution >= 0.6 is 0 Å². The number of H-pyrrole nitrogens is 1. The molecule has 1 aromatic rings. The van der Waals surface area contributed by atoms with Crippen LogP contribution in [0.5, 0.6) is 0 Å². The van der Waals surface area contributed by atoms with Gasteiger partial charge in [-0.1, -0.05) is 0 Å². The Morgan fingerprint density at radius 1 is 1.67 bits per heavy atom. The number of nitrogens with one attached hydrogen (secondary N) is 2. The van der Waals surface area contributed by atoms with Gasteiger partial charge in [0.1, 0.15) is 5.82 Å². The standard InChI is InChI=1S/C6H7N3/c7-3-1-2-6-8-4-5-9-6/h1-5,7H,(H,8,9). The highest BCUT2D eigenvalue weighted by Gasteiger charge is 1.81. The van der Waals surface area contributed by atoms with Crippen LogP contribution in [0.1, 0.15) is 5.82 Å². The van der Waals surface area contributed by atoms with E-state index in [4.69, 9.17) is 5.41 Å². The molecule has 0 aromatic carbocycles. The van der Waals surface area contributed by atoms with E-state index in [1.54, 1.807) is 24.5 Å². The fourth-order valence-electron chi connectivity index (χ4n) is 0.508. The van der Waals surface area contributed by atoms with Gasteiger partial charge in [0.15, 0.2) is 0 Å². The third-order valence-corrected chi connectivity index (χ3v) is 0.870. The molecule has 0 bridgehead atoms. The number of aromatic nitrogens is 2. The zero-order chi connectivity index (χ0) is 6.53. The number of hydrogen-bond donors (Lipinski definition) is 2. The van der Waals surface area contributed by atoms with Crippen LogP contribution in [0.25, 0.3) is 6.08 Å². The minimum atomic E-state index is 0.776. The Hall–Kier alpha value is -1.38. The second-order valence-electron chi connectivity index (χ2n) is 1.50. The monoisotopic (exact) mass is 121 g/mol. The molecule has 9 heavy (non-hydrogen) atoms. The molecule has 0 unspecified atom stereocenters. The predicted molar refractivity (Wildman–Crippen MR) is 36.4 cm³/mol. The van der Waals surface area contributed by atoms with Crippen LogP contribution in [-0.4, -0.2) is 16.2 Å². The summed E-state index contributed by atoms with van der Waals surface area (Å²) in [5, 5.41) is 6.65. The Bertz CT molecular complexity index is 198. The van der Waals surface area contributed by atoms with Crippen molar-refractivity contribution in [3.05, 3.63) is 24.3 Å². The van der Waals surface area contributed by atoms with Crippen LogP contribution in [-0.2, 0) is 0 Å². The van der Waals surface area contributed by atoms with Gasteiger partial charge >= 0.3 is 0 Å². The zero-order valence-electron chi connectivity index (χ0n) is 4.83. The van der Waals surface area contributed by atoms with Crippen LogP contribution in [0.3, 0.4) is 0 Å². The van der Waals surface area contributed by atoms with Crippen molar-refractivity contribution in [2.24, 2.45) is 0 Å². The minimum Gasteiger partial charge on any atom is -0.345 e. The number of imidazole rings is 1. The number of allylic oxidation sites excluding steroid dienone is 1. The highest BCUT2D eigenvalue weighted by atomic mass is 14.9. The zero-order valence-corrected chi connectivity index (χ0v) is 4.83. The Morgan fingerprint density at radius 2 is 2.56 bits per heavy atom. The van der Waals surface area contributed by atoms with E-state index >= 15 is 0 Å². The maximum Gasteiger partial charge on any atom is 0.129 e. The summed E-state index contributed by atoms with van der Waals surface area (Å²) in [7, 11) is 0. The molecule has 1 aromatic heterocycles. The SMILES string of the molecule is N=CC=Cc1ncc[nH]1. The van der Waals surface area contributed by atoms with Gasteiger partial charge < -0.3 is 10.4 Å². The molecule has 0 spiro atoms. The van der Waals surface area contributed by atoms with E-state index in [2.05, 4.69) is 9.97 Å². The van der Waals surface area contributed by atoms with Crippen molar-refractivity contribution in [2.45, 2.75) is 0 Å². The molecule has 2 N–H and O–H groups in total. The maximum absolute atomic E-state index is 6.65. The number of nitrogens with zero attached hydrogens (tertiary/aromatic N) is 1. The van der Waals surface area contributed by atoms with E-state index < -0.39 is 0 Å². The first-order chi connectivity index (χ1) is 4.43. The molecule has 1 heterocycles. The molecular formula is C6H7N3. The van der Waals surface area contributed by atoms with E-state index in [0.717, 1.165) is 5.82 Å². The summed E-state index contributed by atoms with van der Waals surface area (Å²) in [6.07, 6.45) is 7.96. The summed E-state index contributed by atoms with van der Waals surface area (Å²) in [6, 6.07) is 0. The van der Waals surface area contributed by atoms with Gasteiger partial charge in [0, 0.05) is 18.6 Å². The van der Waals surface area contributed by atoms with Crippen LogP contribution in [0.2, 0.25) is 0 Å². The first-order valence-corrected chi connectivity index (χ1v) is 2.60. The summed E-state index contributed by atoms with van der Waals surface area (Å²) in [4.78, 5) is 6.78. The third kappa shape index (κ3) is 1.53. The third-order valence-electron chi connectivity index (χ3n) is 0.870. The Balaban J connectivity index is 2.67. The van der Waals surface area contributed by atoms with Crippen molar-refractivity contribution in [1.82, 2.24) is 9.97 Å². The molecule has 3 heteroatoms. The van der Waals surface area contributed by atoms with Crippen LogP contribution in [0.15, 0.2) is 18.5 Å². The second kappa shape index (κ2) is 2.81. The van der Waals surface area contributed by atoms with Crippen molar-refractivity contribution >= 4 is 12.3 Å². The molecule has 0 atom stereocenters. The fourth-order valence-corrected chi connectivity index (χ4v) is 0.508. The lowest BCUT2D eigenvalue weighted by molar-refractivity contribution is 1.27. The topological polar surface area (TPSA) is 52.5 Å². The van der Waals surface area contributed by atoms with Gasteiger partial charge in [-0.15, -0.1) is 0 Å². The Morgan fingerprint density at radius 3 is 3.11 bits per heavy atom. The molecule has 0 saturated carbocycles. The van der Waals surface area contributed by atoms with Crippen LogP contribution in [0, 0.1) is 5.41 Å². The molecule has 0 amide bonds. The summed E-state index contributed by atoms with van der Waals surface area (Å²) in [5.74, 6) is 0.776. The highest BCUT2D eigenvalue weighted by Crippen LogP contribution is 1.88. The predicted octanol–water partition coefficient (Wildman–Crippen LogP) is 1.07. The lowest BCUT2D eigenvalue weighted by Gasteiger charge is -1.76. The molecule has 0 aliphatic carbocycles. The average molecular weight is 121 g/mol. The van der Waals surface area contributed by atoms with Gasteiger partial charge in [0.2, 0.25) is 0 Å². The fraction of sp³-hybridized carbons (Fsp3) is 0. The van der Waals surface area contributed by atoms with E-state index in [1.165, 1.54) is 6.21 Å².